The van der Waals surface area contributed by atoms with Gasteiger partial charge in [0.15, 0.2) is 0 Å². The lowest BCUT2D eigenvalue weighted by atomic mass is 9.98. The number of alkyl carbamates (subject to hydrolysis) is 1. The number of aromatic carboxylic acids is 1. The van der Waals surface area contributed by atoms with Crippen molar-refractivity contribution in [3.05, 3.63) is 83.4 Å². The average Bonchev–Trinajstić information content (AvgIpc) is 3.15. The number of benzene rings is 3. The maximum Gasteiger partial charge on any atom is 0.407 e. The molecule has 0 heterocycles. The predicted octanol–water partition coefficient (Wildman–Crippen LogP) is 4.59. The number of carbonyl (C=O) groups is 3. The molecule has 1 atom stereocenters. The summed E-state index contributed by atoms with van der Waals surface area (Å²) in [5.74, 6) is -2.56. The minimum Gasteiger partial charge on any atom is -0.508 e. The summed E-state index contributed by atoms with van der Waals surface area (Å²) in [6.07, 6.45) is -0.745. The zero-order chi connectivity index (χ0) is 25.1. The smallest absolute Gasteiger partial charge is 0.407 e. The van der Waals surface area contributed by atoms with Crippen molar-refractivity contribution in [2.45, 2.75) is 25.8 Å². The van der Waals surface area contributed by atoms with E-state index in [0.29, 0.717) is 0 Å². The van der Waals surface area contributed by atoms with E-state index in [2.05, 4.69) is 10.6 Å². The maximum absolute atomic E-state index is 12.9. The van der Waals surface area contributed by atoms with Gasteiger partial charge in [0, 0.05) is 5.92 Å². The Kier molecular flexibility index (Phi) is 6.73. The van der Waals surface area contributed by atoms with Gasteiger partial charge in [0.25, 0.3) is 0 Å². The van der Waals surface area contributed by atoms with E-state index in [1.165, 1.54) is 12.1 Å². The minimum absolute atomic E-state index is 0.0142. The third-order valence-corrected chi connectivity index (χ3v) is 6.06. The molecule has 0 radical (unpaired) electrons. The van der Waals surface area contributed by atoms with Gasteiger partial charge in [-0.15, -0.1) is 0 Å². The largest absolute Gasteiger partial charge is 0.508 e. The molecule has 1 aliphatic carbocycles. The average molecular weight is 475 g/mol. The lowest BCUT2D eigenvalue weighted by molar-refractivity contribution is -0.119. The number of aromatic hydroxyl groups is 1. The number of carboxylic acid groups (broad SMARTS) is 1. The number of carboxylic acids is 1. The Balaban J connectivity index is 1.44. The lowest BCUT2D eigenvalue weighted by Gasteiger charge is -2.22. The molecule has 8 nitrogen and oxygen atoms in total. The molecule has 4 N–H and O–H groups in total. The fourth-order valence-electron chi connectivity index (χ4n) is 4.33. The summed E-state index contributed by atoms with van der Waals surface area (Å²) in [6.45, 7) is 3.61. The number of nitrogens with one attached hydrogen (secondary N) is 2. The zero-order valence-corrected chi connectivity index (χ0v) is 19.3. The van der Waals surface area contributed by atoms with Crippen LogP contribution in [0.2, 0.25) is 0 Å². The van der Waals surface area contributed by atoms with Crippen molar-refractivity contribution in [2.75, 3.05) is 11.9 Å². The summed E-state index contributed by atoms with van der Waals surface area (Å²) in [5, 5.41) is 24.0. The monoisotopic (exact) mass is 474 g/mol. The molecule has 0 aliphatic heterocycles. The summed E-state index contributed by atoms with van der Waals surface area (Å²) in [4.78, 5) is 37.0. The first-order chi connectivity index (χ1) is 16.8. The van der Waals surface area contributed by atoms with E-state index < -0.39 is 24.0 Å². The fourth-order valence-corrected chi connectivity index (χ4v) is 4.33. The summed E-state index contributed by atoms with van der Waals surface area (Å²) in [6, 6.07) is 18.6. The maximum atomic E-state index is 12.9. The van der Waals surface area contributed by atoms with Crippen LogP contribution in [-0.2, 0) is 9.53 Å². The van der Waals surface area contributed by atoms with Crippen LogP contribution in [0.1, 0.15) is 41.3 Å². The van der Waals surface area contributed by atoms with Gasteiger partial charge in [0.1, 0.15) is 18.4 Å². The second kappa shape index (κ2) is 9.89. The van der Waals surface area contributed by atoms with Crippen molar-refractivity contribution in [3.8, 4) is 16.9 Å². The van der Waals surface area contributed by atoms with Gasteiger partial charge in [0.05, 0.1) is 11.3 Å². The molecule has 8 heteroatoms. The molecule has 2 amide bonds. The van der Waals surface area contributed by atoms with Crippen LogP contribution >= 0.6 is 0 Å². The molecule has 3 aromatic carbocycles. The van der Waals surface area contributed by atoms with Gasteiger partial charge in [-0.25, -0.2) is 9.59 Å². The van der Waals surface area contributed by atoms with Crippen LogP contribution in [-0.4, -0.2) is 40.8 Å². The van der Waals surface area contributed by atoms with Gasteiger partial charge in [0.2, 0.25) is 5.91 Å². The molecule has 35 heavy (non-hydrogen) atoms. The Labute approximate surface area is 202 Å². The minimum atomic E-state index is -1.30. The lowest BCUT2D eigenvalue weighted by Crippen LogP contribution is -2.47. The summed E-state index contributed by atoms with van der Waals surface area (Å²) in [7, 11) is 0. The summed E-state index contributed by atoms with van der Waals surface area (Å²) < 4.78 is 5.54. The molecule has 0 saturated heterocycles. The molecular formula is C27H26N2O6. The number of ether oxygens (including phenoxy) is 1. The SMILES string of the molecule is CC(C)[C@@H](NC(=O)OCC1c2ccccc2-c2ccccc21)C(=O)Nc1ccc(O)cc1C(=O)O. The van der Waals surface area contributed by atoms with E-state index in [-0.39, 0.29) is 35.4 Å². The first-order valence-electron chi connectivity index (χ1n) is 11.2. The van der Waals surface area contributed by atoms with E-state index >= 15 is 0 Å². The first-order valence-corrected chi connectivity index (χ1v) is 11.2. The molecule has 180 valence electrons. The van der Waals surface area contributed by atoms with E-state index in [9.17, 15) is 24.6 Å². The molecular weight excluding hydrogens is 448 g/mol. The second-order valence-corrected chi connectivity index (χ2v) is 8.72. The second-order valence-electron chi connectivity index (χ2n) is 8.72. The van der Waals surface area contributed by atoms with Crippen molar-refractivity contribution in [2.24, 2.45) is 5.92 Å². The molecule has 0 spiro atoms. The molecule has 0 unspecified atom stereocenters. The van der Waals surface area contributed by atoms with Crippen LogP contribution in [0.4, 0.5) is 10.5 Å². The molecule has 3 aromatic rings. The Morgan fingerprint density at radius 3 is 2.11 bits per heavy atom. The Morgan fingerprint density at radius 1 is 0.943 bits per heavy atom. The van der Waals surface area contributed by atoms with Crippen molar-refractivity contribution >= 4 is 23.7 Å². The van der Waals surface area contributed by atoms with Gasteiger partial charge < -0.3 is 25.6 Å². The third-order valence-electron chi connectivity index (χ3n) is 6.06. The van der Waals surface area contributed by atoms with Gasteiger partial charge in [-0.2, -0.15) is 0 Å². The van der Waals surface area contributed by atoms with E-state index in [0.717, 1.165) is 28.3 Å². The number of amides is 2. The number of hydrogen-bond acceptors (Lipinski definition) is 5. The topological polar surface area (TPSA) is 125 Å². The van der Waals surface area contributed by atoms with E-state index in [1.54, 1.807) is 13.8 Å². The van der Waals surface area contributed by atoms with Gasteiger partial charge in [-0.1, -0.05) is 62.4 Å². The van der Waals surface area contributed by atoms with Gasteiger partial charge in [-0.3, -0.25) is 4.79 Å². The van der Waals surface area contributed by atoms with E-state index in [1.807, 2.05) is 48.5 Å². The van der Waals surface area contributed by atoms with Crippen LogP contribution in [0.3, 0.4) is 0 Å². The quantitative estimate of drug-likeness (QED) is 0.371. The van der Waals surface area contributed by atoms with Crippen LogP contribution in [0.15, 0.2) is 66.7 Å². The molecule has 0 aromatic heterocycles. The number of hydrogen-bond donors (Lipinski definition) is 4. The Morgan fingerprint density at radius 2 is 1.54 bits per heavy atom. The number of rotatable bonds is 7. The number of phenolic OH excluding ortho intramolecular Hbond substituents is 1. The van der Waals surface area contributed by atoms with Gasteiger partial charge >= 0.3 is 12.1 Å². The summed E-state index contributed by atoms with van der Waals surface area (Å²) >= 11 is 0. The Bertz CT molecular complexity index is 1240. The third kappa shape index (κ3) is 4.96. The fraction of sp³-hybridized carbons (Fsp3) is 0.222. The predicted molar refractivity (Wildman–Crippen MR) is 131 cm³/mol. The first kappa shape index (κ1) is 23.8. The zero-order valence-electron chi connectivity index (χ0n) is 19.3. The number of phenols is 1. The highest BCUT2D eigenvalue weighted by Gasteiger charge is 2.30. The molecule has 0 bridgehead atoms. The van der Waals surface area contributed by atoms with Crippen molar-refractivity contribution < 1.29 is 29.3 Å². The molecule has 4 rings (SSSR count). The van der Waals surface area contributed by atoms with Crippen LogP contribution < -0.4 is 10.6 Å². The van der Waals surface area contributed by atoms with Crippen LogP contribution in [0.25, 0.3) is 11.1 Å². The number of carbonyl (C=O) groups excluding carboxylic acids is 2. The highest BCUT2D eigenvalue weighted by molar-refractivity contribution is 6.03. The number of fused-ring (bicyclic) bond motifs is 3. The standard InChI is InChI=1S/C27H26N2O6/c1-15(2)24(25(31)28-23-12-11-16(30)13-21(23)26(32)33)29-27(34)35-14-22-19-9-5-3-7-17(19)18-8-4-6-10-20(18)22/h3-13,15,22,24,30H,14H2,1-2H3,(H,28,31)(H,29,34)(H,32,33)/t24-/m1/s1. The van der Waals surface area contributed by atoms with Crippen molar-refractivity contribution in [3.63, 3.8) is 0 Å². The Hall–Kier alpha value is -4.33. The van der Waals surface area contributed by atoms with E-state index in [4.69, 9.17) is 4.74 Å². The molecule has 1 aliphatic rings. The normalized spacial score (nSPS) is 13.0. The van der Waals surface area contributed by atoms with Crippen molar-refractivity contribution in [1.29, 1.82) is 0 Å². The van der Waals surface area contributed by atoms with Crippen LogP contribution in [0, 0.1) is 5.92 Å². The van der Waals surface area contributed by atoms with Gasteiger partial charge in [-0.05, 0) is 46.4 Å². The number of anilines is 1. The highest BCUT2D eigenvalue weighted by atomic mass is 16.5. The highest BCUT2D eigenvalue weighted by Crippen LogP contribution is 2.44. The summed E-state index contributed by atoms with van der Waals surface area (Å²) in [5.41, 5.74) is 4.13. The van der Waals surface area contributed by atoms with Crippen molar-refractivity contribution in [1.82, 2.24) is 5.32 Å². The molecule has 0 saturated carbocycles. The molecule has 0 fully saturated rings. The van der Waals surface area contributed by atoms with Crippen LogP contribution in [0.5, 0.6) is 5.75 Å².